The van der Waals surface area contributed by atoms with Gasteiger partial charge < -0.3 is 9.80 Å². The van der Waals surface area contributed by atoms with Crippen LogP contribution < -0.4 is 0 Å². The lowest BCUT2D eigenvalue weighted by Crippen LogP contribution is -2.53. The molecule has 2 saturated carbocycles. The molecule has 0 bridgehead atoms. The van der Waals surface area contributed by atoms with Gasteiger partial charge in [-0.1, -0.05) is 12.1 Å². The van der Waals surface area contributed by atoms with Gasteiger partial charge in [0.25, 0.3) is 0 Å². The molecule has 4 rings (SSSR count). The Labute approximate surface area is 128 Å². The zero-order valence-electron chi connectivity index (χ0n) is 12.4. The molecule has 3 aliphatic rings. The maximum Gasteiger partial charge on any atom is 0.242 e. The monoisotopic (exact) mass is 302 g/mol. The number of benzene rings is 1. The molecule has 1 aromatic carbocycles. The van der Waals surface area contributed by atoms with Crippen molar-refractivity contribution in [3.8, 4) is 0 Å². The summed E-state index contributed by atoms with van der Waals surface area (Å²) in [5.41, 5.74) is 0.890. The lowest BCUT2D eigenvalue weighted by Gasteiger charge is -2.34. The molecule has 2 amide bonds. The topological polar surface area (TPSA) is 40.6 Å². The molecule has 3 fully saturated rings. The molecule has 1 saturated heterocycles. The Bertz CT molecular complexity index is 629. The molecule has 0 spiro atoms. The van der Waals surface area contributed by atoms with Gasteiger partial charge in [0, 0.05) is 25.0 Å². The minimum Gasteiger partial charge on any atom is -0.336 e. The quantitative estimate of drug-likeness (QED) is 0.854. The Hall–Kier alpha value is -1.91. The molecule has 1 heterocycles. The van der Waals surface area contributed by atoms with E-state index in [4.69, 9.17) is 0 Å². The Kier molecular flexibility index (Phi) is 3.17. The molecule has 2 atom stereocenters. The maximum absolute atomic E-state index is 13.3. The highest BCUT2D eigenvalue weighted by atomic mass is 19.1. The summed E-state index contributed by atoms with van der Waals surface area (Å²) in [6, 6.07) is 6.90. The number of amides is 2. The number of hydrogen-bond acceptors (Lipinski definition) is 2. The second-order valence-corrected chi connectivity index (χ2v) is 6.58. The Morgan fingerprint density at radius 1 is 1.23 bits per heavy atom. The van der Waals surface area contributed by atoms with Crippen LogP contribution in [0.25, 0.3) is 0 Å². The van der Waals surface area contributed by atoms with Gasteiger partial charge in [0.2, 0.25) is 11.8 Å². The molecule has 1 aliphatic heterocycles. The van der Waals surface area contributed by atoms with Crippen LogP contribution in [-0.2, 0) is 9.59 Å². The first-order valence-electron chi connectivity index (χ1n) is 7.97. The number of nitrogens with zero attached hydrogens (tertiary/aromatic N) is 2. The van der Waals surface area contributed by atoms with Gasteiger partial charge in [-0.05, 0) is 42.9 Å². The molecule has 4 nitrogen and oxygen atoms in total. The maximum atomic E-state index is 13.3. The summed E-state index contributed by atoms with van der Waals surface area (Å²) in [7, 11) is 0. The summed E-state index contributed by atoms with van der Waals surface area (Å²) in [5.74, 6) is -0.103. The molecule has 5 heteroatoms. The number of halogens is 1. The van der Waals surface area contributed by atoms with E-state index in [1.807, 2.05) is 11.0 Å². The first-order valence-corrected chi connectivity index (χ1v) is 7.97. The van der Waals surface area contributed by atoms with Crippen molar-refractivity contribution in [2.75, 3.05) is 19.6 Å². The molecule has 0 radical (unpaired) electrons. The third-order valence-electron chi connectivity index (χ3n) is 4.94. The van der Waals surface area contributed by atoms with Gasteiger partial charge >= 0.3 is 0 Å². The fraction of sp³-hybridized carbons (Fsp3) is 0.529. The van der Waals surface area contributed by atoms with E-state index in [1.54, 1.807) is 11.0 Å². The van der Waals surface area contributed by atoms with Crippen LogP contribution in [0, 0.1) is 11.7 Å². The van der Waals surface area contributed by atoms with E-state index >= 15 is 0 Å². The van der Waals surface area contributed by atoms with E-state index in [0.717, 1.165) is 24.8 Å². The van der Waals surface area contributed by atoms with E-state index in [2.05, 4.69) is 0 Å². The summed E-state index contributed by atoms with van der Waals surface area (Å²) in [5, 5.41) is 0. The molecule has 22 heavy (non-hydrogen) atoms. The van der Waals surface area contributed by atoms with E-state index in [9.17, 15) is 14.0 Å². The highest BCUT2D eigenvalue weighted by molar-refractivity contribution is 5.89. The average molecular weight is 302 g/mol. The van der Waals surface area contributed by atoms with Gasteiger partial charge in [0.15, 0.2) is 0 Å². The van der Waals surface area contributed by atoms with E-state index in [-0.39, 0.29) is 36.0 Å². The smallest absolute Gasteiger partial charge is 0.242 e. The fourth-order valence-corrected chi connectivity index (χ4v) is 3.45. The summed E-state index contributed by atoms with van der Waals surface area (Å²) in [4.78, 5) is 28.2. The van der Waals surface area contributed by atoms with Crippen LogP contribution in [0.3, 0.4) is 0 Å². The standard InChI is InChI=1S/C17H19FN2O2/c18-12-3-1-2-11(8-12)14-9-15(14)17(22)19-6-7-20(13-4-5-13)16(21)10-19/h1-3,8,13-15H,4-7,9-10H2/t14-,15-/m0/s1. The predicted octanol–water partition coefficient (Wildman–Crippen LogP) is 1.76. The van der Waals surface area contributed by atoms with Crippen molar-refractivity contribution in [2.45, 2.75) is 31.2 Å². The van der Waals surface area contributed by atoms with Crippen LogP contribution in [0.1, 0.15) is 30.7 Å². The van der Waals surface area contributed by atoms with Crippen LogP contribution in [0.2, 0.25) is 0 Å². The van der Waals surface area contributed by atoms with E-state index < -0.39 is 0 Å². The van der Waals surface area contributed by atoms with Gasteiger partial charge in [-0.2, -0.15) is 0 Å². The summed E-state index contributed by atoms with van der Waals surface area (Å²) in [6.07, 6.45) is 2.97. The fourth-order valence-electron chi connectivity index (χ4n) is 3.45. The van der Waals surface area contributed by atoms with Gasteiger partial charge in [-0.3, -0.25) is 9.59 Å². The number of rotatable bonds is 3. The number of hydrogen-bond donors (Lipinski definition) is 0. The molecule has 1 aromatic rings. The Morgan fingerprint density at radius 3 is 2.73 bits per heavy atom. The highest BCUT2D eigenvalue weighted by Crippen LogP contribution is 2.48. The van der Waals surface area contributed by atoms with Gasteiger partial charge in [-0.15, -0.1) is 0 Å². The van der Waals surface area contributed by atoms with Crippen molar-refractivity contribution in [1.29, 1.82) is 0 Å². The second kappa shape index (κ2) is 5.07. The van der Waals surface area contributed by atoms with Crippen LogP contribution in [0.5, 0.6) is 0 Å². The van der Waals surface area contributed by atoms with Crippen molar-refractivity contribution in [2.24, 2.45) is 5.92 Å². The van der Waals surface area contributed by atoms with Crippen molar-refractivity contribution in [1.82, 2.24) is 9.80 Å². The molecular formula is C17H19FN2O2. The number of carbonyl (C=O) groups is 2. The molecule has 116 valence electrons. The zero-order chi connectivity index (χ0) is 15.3. The molecular weight excluding hydrogens is 283 g/mol. The molecule has 0 aromatic heterocycles. The second-order valence-electron chi connectivity index (χ2n) is 6.58. The predicted molar refractivity (Wildman–Crippen MR) is 78.6 cm³/mol. The molecule has 2 aliphatic carbocycles. The summed E-state index contributed by atoms with van der Waals surface area (Å²) >= 11 is 0. The third kappa shape index (κ3) is 2.49. The van der Waals surface area contributed by atoms with Crippen LogP contribution in [0.15, 0.2) is 24.3 Å². The first kappa shape index (κ1) is 13.7. The Morgan fingerprint density at radius 2 is 2.05 bits per heavy atom. The largest absolute Gasteiger partial charge is 0.336 e. The number of piperazine rings is 1. The van der Waals surface area contributed by atoms with Gasteiger partial charge in [-0.25, -0.2) is 4.39 Å². The van der Waals surface area contributed by atoms with Crippen molar-refractivity contribution < 1.29 is 14.0 Å². The van der Waals surface area contributed by atoms with Crippen LogP contribution >= 0.6 is 0 Å². The highest BCUT2D eigenvalue weighted by Gasteiger charge is 2.47. The molecule has 0 N–H and O–H groups in total. The van der Waals surface area contributed by atoms with Crippen molar-refractivity contribution in [3.63, 3.8) is 0 Å². The van der Waals surface area contributed by atoms with Crippen molar-refractivity contribution >= 4 is 11.8 Å². The van der Waals surface area contributed by atoms with Crippen LogP contribution in [-0.4, -0.2) is 47.3 Å². The first-order chi connectivity index (χ1) is 10.6. The normalized spacial score (nSPS) is 28.0. The third-order valence-corrected chi connectivity index (χ3v) is 4.94. The van der Waals surface area contributed by atoms with E-state index in [0.29, 0.717) is 19.1 Å². The average Bonchev–Trinajstić information content (AvgIpc) is 3.38. The Balaban J connectivity index is 1.38. The SMILES string of the molecule is O=C([C@H]1C[C@H]1c1cccc(F)c1)N1CCN(C2CC2)C(=O)C1. The van der Waals surface area contributed by atoms with Crippen LogP contribution in [0.4, 0.5) is 4.39 Å². The lowest BCUT2D eigenvalue weighted by atomic mass is 10.1. The minimum absolute atomic E-state index is 0.0538. The molecule has 0 unspecified atom stereocenters. The summed E-state index contributed by atoms with van der Waals surface area (Å²) in [6.45, 7) is 1.50. The minimum atomic E-state index is -0.260. The summed E-state index contributed by atoms with van der Waals surface area (Å²) < 4.78 is 13.3. The zero-order valence-corrected chi connectivity index (χ0v) is 12.4. The van der Waals surface area contributed by atoms with E-state index in [1.165, 1.54) is 12.1 Å². The van der Waals surface area contributed by atoms with Crippen molar-refractivity contribution in [3.05, 3.63) is 35.6 Å². The van der Waals surface area contributed by atoms with Gasteiger partial charge in [0.1, 0.15) is 5.82 Å². The number of carbonyl (C=O) groups excluding carboxylic acids is 2. The lowest BCUT2D eigenvalue weighted by molar-refractivity contribution is -0.146. The van der Waals surface area contributed by atoms with Gasteiger partial charge in [0.05, 0.1) is 6.54 Å².